The zero-order valence-electron chi connectivity index (χ0n) is 18.3. The smallest absolute Gasteiger partial charge is 0.321 e. The molecule has 31 heavy (non-hydrogen) atoms. The number of benzene rings is 2. The summed E-state index contributed by atoms with van der Waals surface area (Å²) < 4.78 is 12.1. The molecule has 1 N–H and O–H groups in total. The number of ether oxygens (including phenoxy) is 2. The second-order valence-electron chi connectivity index (χ2n) is 9.08. The van der Waals surface area contributed by atoms with E-state index in [2.05, 4.69) is 40.5 Å². The molecule has 3 aliphatic heterocycles. The number of urea groups is 1. The fourth-order valence-electron chi connectivity index (χ4n) is 5.34. The van der Waals surface area contributed by atoms with Crippen molar-refractivity contribution >= 4 is 6.03 Å². The van der Waals surface area contributed by atoms with Gasteiger partial charge in [0.05, 0.1) is 13.2 Å². The van der Waals surface area contributed by atoms with Gasteiger partial charge in [-0.05, 0) is 37.9 Å². The van der Waals surface area contributed by atoms with Gasteiger partial charge in [-0.1, -0.05) is 48.9 Å². The second-order valence-corrected chi connectivity index (χ2v) is 9.08. The van der Waals surface area contributed by atoms with E-state index in [1.165, 1.54) is 18.4 Å². The van der Waals surface area contributed by atoms with Crippen LogP contribution in [0.5, 0.6) is 11.5 Å². The number of carbonyl (C=O) groups is 1. The summed E-state index contributed by atoms with van der Waals surface area (Å²) in [5.74, 6) is 1.46. The first-order chi connectivity index (χ1) is 15.1. The van der Waals surface area contributed by atoms with Crippen LogP contribution in [0.15, 0.2) is 48.5 Å². The van der Waals surface area contributed by atoms with Crippen LogP contribution in [0.4, 0.5) is 4.79 Å². The Morgan fingerprint density at radius 2 is 2.00 bits per heavy atom. The molecule has 2 amide bonds. The van der Waals surface area contributed by atoms with Gasteiger partial charge in [0.15, 0.2) is 17.2 Å². The summed E-state index contributed by atoms with van der Waals surface area (Å²) >= 11 is 0. The average Bonchev–Trinajstić information content (AvgIpc) is 2.78. The predicted octanol–water partition coefficient (Wildman–Crippen LogP) is 4.31. The van der Waals surface area contributed by atoms with Crippen molar-refractivity contribution in [2.24, 2.45) is 0 Å². The molecule has 2 aromatic rings. The molecular weight excluding hydrogens is 390 g/mol. The van der Waals surface area contributed by atoms with Gasteiger partial charge in [0.1, 0.15) is 0 Å². The van der Waals surface area contributed by atoms with Crippen molar-refractivity contribution in [1.82, 2.24) is 15.1 Å². The third-order valence-electron chi connectivity index (χ3n) is 6.99. The Labute approximate surface area is 184 Å². The largest absolute Gasteiger partial charge is 0.493 e. The van der Waals surface area contributed by atoms with Crippen LogP contribution in [0, 0.1) is 0 Å². The number of likely N-dealkylation sites (tertiary alicyclic amines) is 1. The average molecular weight is 422 g/mol. The maximum absolute atomic E-state index is 13.2. The van der Waals surface area contributed by atoms with E-state index >= 15 is 0 Å². The standard InChI is InChI=1S/C25H31N3O3/c1-25-15-21(20-12-8-13-22(30-2)23(20)31-25)26-24(29)28(25)17-19-11-6-7-14-27(19)16-18-9-4-3-5-10-18/h3-5,8-10,12-13,19,21H,6-7,11,14-17H2,1-2H3,(H,26,29). The number of methoxy groups -OCH3 is 1. The number of carbonyl (C=O) groups excluding carboxylic acids is 1. The van der Waals surface area contributed by atoms with Crippen molar-refractivity contribution in [2.75, 3.05) is 20.2 Å². The van der Waals surface area contributed by atoms with Crippen LogP contribution in [-0.4, -0.2) is 47.8 Å². The molecule has 2 saturated heterocycles. The molecule has 2 bridgehead atoms. The normalized spacial score (nSPS) is 27.8. The predicted molar refractivity (Wildman–Crippen MR) is 119 cm³/mol. The van der Waals surface area contributed by atoms with Gasteiger partial charge in [-0.3, -0.25) is 9.80 Å². The topological polar surface area (TPSA) is 54.0 Å². The highest BCUT2D eigenvalue weighted by molar-refractivity contribution is 5.77. The van der Waals surface area contributed by atoms with Gasteiger partial charge in [-0.25, -0.2) is 4.79 Å². The molecule has 6 heteroatoms. The molecule has 3 atom stereocenters. The summed E-state index contributed by atoms with van der Waals surface area (Å²) in [5.41, 5.74) is 1.62. The first-order valence-corrected chi connectivity index (χ1v) is 11.3. The Kier molecular flexibility index (Phi) is 5.26. The third-order valence-corrected chi connectivity index (χ3v) is 6.99. The van der Waals surface area contributed by atoms with E-state index in [0.717, 1.165) is 37.2 Å². The second kappa shape index (κ2) is 8.08. The van der Waals surface area contributed by atoms with Crippen LogP contribution in [0.1, 0.15) is 49.8 Å². The van der Waals surface area contributed by atoms with E-state index in [9.17, 15) is 4.79 Å². The van der Waals surface area contributed by atoms with Crippen LogP contribution < -0.4 is 14.8 Å². The molecule has 3 unspecified atom stereocenters. The maximum atomic E-state index is 13.2. The van der Waals surface area contributed by atoms with E-state index < -0.39 is 5.72 Å². The Bertz CT molecular complexity index is 950. The van der Waals surface area contributed by atoms with Crippen molar-refractivity contribution in [3.63, 3.8) is 0 Å². The number of para-hydroxylation sites is 1. The summed E-state index contributed by atoms with van der Waals surface area (Å²) in [7, 11) is 1.66. The van der Waals surface area contributed by atoms with Gasteiger partial charge in [-0.15, -0.1) is 0 Å². The molecule has 2 fully saturated rings. The summed E-state index contributed by atoms with van der Waals surface area (Å²) in [4.78, 5) is 17.6. The van der Waals surface area contributed by atoms with E-state index in [0.29, 0.717) is 18.3 Å². The molecular formula is C25H31N3O3. The lowest BCUT2D eigenvalue weighted by molar-refractivity contribution is -0.0950. The summed E-state index contributed by atoms with van der Waals surface area (Å²) in [6.45, 7) is 4.68. The lowest BCUT2D eigenvalue weighted by atomic mass is 9.89. The lowest BCUT2D eigenvalue weighted by Crippen LogP contribution is -2.67. The summed E-state index contributed by atoms with van der Waals surface area (Å²) in [5, 5.41) is 3.22. The first kappa shape index (κ1) is 20.2. The molecule has 0 aliphatic carbocycles. The Balaban J connectivity index is 1.39. The van der Waals surface area contributed by atoms with Gasteiger partial charge in [0.2, 0.25) is 0 Å². The minimum Gasteiger partial charge on any atom is -0.493 e. The van der Waals surface area contributed by atoms with E-state index in [-0.39, 0.29) is 12.1 Å². The maximum Gasteiger partial charge on any atom is 0.321 e. The highest BCUT2D eigenvalue weighted by Crippen LogP contribution is 2.48. The first-order valence-electron chi connectivity index (χ1n) is 11.3. The molecule has 164 valence electrons. The summed E-state index contributed by atoms with van der Waals surface area (Å²) in [6, 6.07) is 16.7. The van der Waals surface area contributed by atoms with E-state index in [1.54, 1.807) is 7.11 Å². The molecule has 0 spiro atoms. The fourth-order valence-corrected chi connectivity index (χ4v) is 5.34. The third kappa shape index (κ3) is 3.74. The Morgan fingerprint density at radius 3 is 2.81 bits per heavy atom. The molecule has 3 heterocycles. The van der Waals surface area contributed by atoms with Crippen molar-refractivity contribution in [2.45, 2.75) is 57.0 Å². The minimum atomic E-state index is -0.690. The van der Waals surface area contributed by atoms with E-state index in [1.807, 2.05) is 30.0 Å². The molecule has 3 aliphatic rings. The number of piperidine rings is 1. The minimum absolute atomic E-state index is 0.0440. The lowest BCUT2D eigenvalue weighted by Gasteiger charge is -2.52. The number of hydrogen-bond acceptors (Lipinski definition) is 4. The van der Waals surface area contributed by atoms with Gasteiger partial charge in [0, 0.05) is 31.1 Å². The number of hydrogen-bond donors (Lipinski definition) is 1. The summed E-state index contributed by atoms with van der Waals surface area (Å²) in [6.07, 6.45) is 4.22. The molecule has 5 rings (SSSR count). The zero-order chi connectivity index (χ0) is 21.4. The Hall–Kier alpha value is -2.73. The molecule has 0 saturated carbocycles. The van der Waals surface area contributed by atoms with Crippen LogP contribution in [0.3, 0.4) is 0 Å². The van der Waals surface area contributed by atoms with Crippen molar-refractivity contribution < 1.29 is 14.3 Å². The quantitative estimate of drug-likeness (QED) is 0.781. The number of nitrogens with zero attached hydrogens (tertiary/aromatic N) is 2. The monoisotopic (exact) mass is 421 g/mol. The SMILES string of the molecule is COc1cccc2c1OC1(C)CC2NC(=O)N1CC1CCCCN1Cc1ccccc1. The fraction of sp³-hybridized carbons (Fsp3) is 0.480. The molecule has 2 aromatic carbocycles. The van der Waals surface area contributed by atoms with Gasteiger partial charge < -0.3 is 14.8 Å². The highest BCUT2D eigenvalue weighted by Gasteiger charge is 2.50. The molecule has 6 nitrogen and oxygen atoms in total. The number of fused-ring (bicyclic) bond motifs is 4. The molecule has 0 radical (unpaired) electrons. The number of nitrogens with one attached hydrogen (secondary N) is 1. The van der Waals surface area contributed by atoms with Crippen LogP contribution in [0.2, 0.25) is 0 Å². The van der Waals surface area contributed by atoms with Gasteiger partial charge >= 0.3 is 6.03 Å². The zero-order valence-corrected chi connectivity index (χ0v) is 18.3. The van der Waals surface area contributed by atoms with Gasteiger partial charge in [0.25, 0.3) is 0 Å². The van der Waals surface area contributed by atoms with E-state index in [4.69, 9.17) is 9.47 Å². The van der Waals surface area contributed by atoms with Crippen molar-refractivity contribution in [3.05, 3.63) is 59.7 Å². The van der Waals surface area contributed by atoms with Crippen molar-refractivity contribution in [3.8, 4) is 11.5 Å². The highest BCUT2D eigenvalue weighted by atomic mass is 16.5. The van der Waals surface area contributed by atoms with Crippen LogP contribution in [0.25, 0.3) is 0 Å². The Morgan fingerprint density at radius 1 is 1.16 bits per heavy atom. The molecule has 0 aromatic heterocycles. The number of amides is 2. The van der Waals surface area contributed by atoms with Crippen LogP contribution in [-0.2, 0) is 6.54 Å². The van der Waals surface area contributed by atoms with Crippen LogP contribution >= 0.6 is 0 Å². The van der Waals surface area contributed by atoms with Crippen molar-refractivity contribution in [1.29, 1.82) is 0 Å². The van der Waals surface area contributed by atoms with Gasteiger partial charge in [-0.2, -0.15) is 0 Å². The number of rotatable bonds is 5.